The van der Waals surface area contributed by atoms with Crippen molar-refractivity contribution >= 4 is 17.5 Å². The third-order valence-electron chi connectivity index (χ3n) is 3.82. The van der Waals surface area contributed by atoms with E-state index < -0.39 is 17.4 Å². The van der Waals surface area contributed by atoms with E-state index in [-0.39, 0.29) is 5.82 Å². The van der Waals surface area contributed by atoms with Crippen molar-refractivity contribution in [2.75, 3.05) is 24.9 Å². The Bertz CT molecular complexity index is 1050. The molecule has 1 aromatic heterocycles. The van der Waals surface area contributed by atoms with E-state index in [0.717, 1.165) is 0 Å². The number of carbonyl (C=O) groups is 1. The molecular formula is C19H17FN4O4. The van der Waals surface area contributed by atoms with Gasteiger partial charge in [-0.25, -0.2) is 14.2 Å². The van der Waals surface area contributed by atoms with Crippen LogP contribution >= 0.6 is 0 Å². The lowest BCUT2D eigenvalue weighted by molar-refractivity contribution is 0.262. The fourth-order valence-corrected chi connectivity index (χ4v) is 2.48. The highest BCUT2D eigenvalue weighted by Crippen LogP contribution is 2.28. The zero-order valence-corrected chi connectivity index (χ0v) is 15.1. The van der Waals surface area contributed by atoms with E-state index in [0.29, 0.717) is 22.9 Å². The fourth-order valence-electron chi connectivity index (χ4n) is 2.48. The number of hydrogen-bond acceptors (Lipinski definition) is 5. The molecule has 2 amide bonds. The smallest absolute Gasteiger partial charge is 0.325 e. The molecule has 0 bridgehead atoms. The topological polar surface area (TPSA) is 94.5 Å². The molecule has 2 aromatic carbocycles. The molecule has 28 heavy (non-hydrogen) atoms. The molecule has 0 spiro atoms. The van der Waals surface area contributed by atoms with Crippen LogP contribution in [0.1, 0.15) is 0 Å². The van der Waals surface area contributed by atoms with Gasteiger partial charge in [-0.3, -0.25) is 14.7 Å². The molecular weight excluding hydrogens is 367 g/mol. The van der Waals surface area contributed by atoms with Gasteiger partial charge in [0.2, 0.25) is 5.82 Å². The number of rotatable bonds is 5. The van der Waals surface area contributed by atoms with Gasteiger partial charge in [-0.2, -0.15) is 0 Å². The molecule has 0 radical (unpaired) electrons. The standard InChI is InChI=1S/C19H17FN4O4/c1-27-15-8-7-14(11-16(15)28-2)24-10-9-21-17(18(24)25)23-19(26)22-13-5-3-12(20)4-6-13/h3-11H,1-2H3,(H2,21,22,23,26). The maximum atomic E-state index is 12.9. The van der Waals surface area contributed by atoms with Crippen LogP contribution in [-0.4, -0.2) is 29.8 Å². The first-order valence-corrected chi connectivity index (χ1v) is 8.15. The second-order valence-electron chi connectivity index (χ2n) is 5.58. The van der Waals surface area contributed by atoms with E-state index in [1.807, 2.05) is 0 Å². The van der Waals surface area contributed by atoms with Gasteiger partial charge in [-0.1, -0.05) is 0 Å². The van der Waals surface area contributed by atoms with Crippen LogP contribution in [0.5, 0.6) is 11.5 Å². The normalized spacial score (nSPS) is 10.2. The Hall–Kier alpha value is -3.88. The second kappa shape index (κ2) is 8.21. The second-order valence-corrected chi connectivity index (χ2v) is 5.58. The Morgan fingerprint density at radius 1 is 1.04 bits per heavy atom. The van der Waals surface area contributed by atoms with Crippen molar-refractivity contribution < 1.29 is 18.7 Å². The number of methoxy groups -OCH3 is 2. The zero-order valence-electron chi connectivity index (χ0n) is 15.1. The van der Waals surface area contributed by atoms with Gasteiger partial charge in [-0.05, 0) is 36.4 Å². The van der Waals surface area contributed by atoms with Crippen LogP contribution in [0.4, 0.5) is 20.7 Å². The van der Waals surface area contributed by atoms with E-state index in [2.05, 4.69) is 15.6 Å². The maximum Gasteiger partial charge on any atom is 0.325 e. The molecule has 0 atom stereocenters. The van der Waals surface area contributed by atoms with E-state index in [9.17, 15) is 14.0 Å². The summed E-state index contributed by atoms with van der Waals surface area (Å²) in [5.41, 5.74) is 0.339. The van der Waals surface area contributed by atoms with Crippen LogP contribution < -0.4 is 25.7 Å². The van der Waals surface area contributed by atoms with Crippen LogP contribution in [0.2, 0.25) is 0 Å². The summed E-state index contributed by atoms with van der Waals surface area (Å²) in [6.45, 7) is 0. The first kappa shape index (κ1) is 18.9. The summed E-state index contributed by atoms with van der Waals surface area (Å²) >= 11 is 0. The molecule has 9 heteroatoms. The average molecular weight is 384 g/mol. The van der Waals surface area contributed by atoms with Crippen molar-refractivity contribution in [2.45, 2.75) is 0 Å². The minimum atomic E-state index is -0.679. The van der Waals surface area contributed by atoms with Crippen molar-refractivity contribution in [3.05, 3.63) is 71.0 Å². The molecule has 3 rings (SSSR count). The Balaban J connectivity index is 1.84. The summed E-state index contributed by atoms with van der Waals surface area (Å²) in [6.07, 6.45) is 2.85. The van der Waals surface area contributed by atoms with Crippen molar-refractivity contribution in [2.24, 2.45) is 0 Å². The number of benzene rings is 2. The van der Waals surface area contributed by atoms with Crippen LogP contribution in [0, 0.1) is 5.82 Å². The predicted molar refractivity (Wildman–Crippen MR) is 102 cm³/mol. The number of carbonyl (C=O) groups excluding carboxylic acids is 1. The molecule has 0 saturated carbocycles. The molecule has 0 saturated heterocycles. The third-order valence-corrected chi connectivity index (χ3v) is 3.82. The lowest BCUT2D eigenvalue weighted by atomic mass is 10.2. The number of nitrogens with one attached hydrogen (secondary N) is 2. The van der Waals surface area contributed by atoms with Crippen molar-refractivity contribution in [1.29, 1.82) is 0 Å². The summed E-state index contributed by atoms with van der Waals surface area (Å²) in [7, 11) is 3.00. The quantitative estimate of drug-likeness (QED) is 0.705. The summed E-state index contributed by atoms with van der Waals surface area (Å²) in [5, 5.41) is 4.89. The summed E-state index contributed by atoms with van der Waals surface area (Å²) in [5.74, 6) is 0.378. The molecule has 8 nitrogen and oxygen atoms in total. The number of hydrogen-bond donors (Lipinski definition) is 2. The SMILES string of the molecule is COc1ccc(-n2ccnc(NC(=O)Nc3ccc(F)cc3)c2=O)cc1OC. The highest BCUT2D eigenvalue weighted by atomic mass is 19.1. The van der Waals surface area contributed by atoms with Crippen LogP contribution in [0.3, 0.4) is 0 Å². The number of ether oxygens (including phenoxy) is 2. The third kappa shape index (κ3) is 4.09. The molecule has 2 N–H and O–H groups in total. The number of anilines is 2. The number of urea groups is 1. The average Bonchev–Trinajstić information content (AvgIpc) is 2.70. The van der Waals surface area contributed by atoms with E-state index in [1.54, 1.807) is 18.2 Å². The Morgan fingerprint density at radius 3 is 2.43 bits per heavy atom. The van der Waals surface area contributed by atoms with E-state index in [1.165, 1.54) is 55.4 Å². The molecule has 0 fully saturated rings. The van der Waals surface area contributed by atoms with Crippen LogP contribution in [0.15, 0.2) is 59.7 Å². The van der Waals surface area contributed by atoms with Gasteiger partial charge in [0.05, 0.1) is 19.9 Å². The van der Waals surface area contributed by atoms with Gasteiger partial charge in [0, 0.05) is 24.1 Å². The first-order valence-electron chi connectivity index (χ1n) is 8.15. The van der Waals surface area contributed by atoms with Crippen LogP contribution in [0.25, 0.3) is 5.69 Å². The monoisotopic (exact) mass is 384 g/mol. The number of nitrogens with zero attached hydrogens (tertiary/aromatic N) is 2. The zero-order chi connectivity index (χ0) is 20.1. The number of aromatic nitrogens is 2. The van der Waals surface area contributed by atoms with Crippen molar-refractivity contribution in [3.8, 4) is 17.2 Å². The molecule has 144 valence electrons. The summed E-state index contributed by atoms with van der Waals surface area (Å²) in [6, 6.07) is 9.50. The van der Waals surface area contributed by atoms with Crippen molar-refractivity contribution in [3.63, 3.8) is 0 Å². The molecule has 0 aliphatic rings. The Labute approximate surface area is 159 Å². The van der Waals surface area contributed by atoms with Gasteiger partial charge in [0.1, 0.15) is 5.82 Å². The molecule has 1 heterocycles. The highest BCUT2D eigenvalue weighted by Gasteiger charge is 2.12. The fraction of sp³-hybridized carbons (Fsp3) is 0.105. The van der Waals surface area contributed by atoms with Gasteiger partial charge in [0.15, 0.2) is 11.5 Å². The van der Waals surface area contributed by atoms with E-state index in [4.69, 9.17) is 9.47 Å². The van der Waals surface area contributed by atoms with Crippen LogP contribution in [-0.2, 0) is 0 Å². The maximum absolute atomic E-state index is 12.9. The highest BCUT2D eigenvalue weighted by molar-refractivity contribution is 5.99. The Kier molecular flexibility index (Phi) is 5.54. The Morgan fingerprint density at radius 2 is 1.75 bits per heavy atom. The molecule has 0 unspecified atom stereocenters. The lowest BCUT2D eigenvalue weighted by Crippen LogP contribution is -2.28. The largest absolute Gasteiger partial charge is 0.493 e. The summed E-state index contributed by atoms with van der Waals surface area (Å²) in [4.78, 5) is 28.7. The van der Waals surface area contributed by atoms with Crippen molar-refractivity contribution in [1.82, 2.24) is 9.55 Å². The van der Waals surface area contributed by atoms with Gasteiger partial charge in [0.25, 0.3) is 5.56 Å². The number of halogens is 1. The van der Waals surface area contributed by atoms with Gasteiger partial charge in [-0.15, -0.1) is 0 Å². The first-order chi connectivity index (χ1) is 13.5. The minimum Gasteiger partial charge on any atom is -0.493 e. The van der Waals surface area contributed by atoms with Gasteiger partial charge < -0.3 is 14.8 Å². The lowest BCUT2D eigenvalue weighted by Gasteiger charge is -2.12. The van der Waals surface area contributed by atoms with Gasteiger partial charge >= 0.3 is 6.03 Å². The van der Waals surface area contributed by atoms with E-state index >= 15 is 0 Å². The molecule has 0 aliphatic carbocycles. The summed E-state index contributed by atoms with van der Waals surface area (Å²) < 4.78 is 24.7. The molecule has 3 aromatic rings. The minimum absolute atomic E-state index is 0.170. The number of amides is 2. The predicted octanol–water partition coefficient (Wildman–Crippen LogP) is 3.03. The molecule has 0 aliphatic heterocycles.